The average molecular weight is 283 g/mol. The van der Waals surface area contributed by atoms with E-state index in [0.29, 0.717) is 12.0 Å². The Kier molecular flexibility index (Phi) is 3.49. The second-order valence-corrected chi connectivity index (χ2v) is 5.80. The van der Waals surface area contributed by atoms with Crippen LogP contribution in [0.15, 0.2) is 24.5 Å². The van der Waals surface area contributed by atoms with Crippen molar-refractivity contribution in [3.8, 4) is 11.5 Å². The third kappa shape index (κ3) is 2.44. The van der Waals surface area contributed by atoms with Gasteiger partial charge < -0.3 is 4.98 Å². The SMILES string of the molecule is CCc1ccc(-c2nc3c(cnn3C(C)C(C)C)[nH]2)nc1. The molecule has 5 nitrogen and oxygen atoms in total. The maximum Gasteiger partial charge on any atom is 0.177 e. The monoisotopic (exact) mass is 283 g/mol. The molecule has 0 bridgehead atoms. The quantitative estimate of drug-likeness (QED) is 0.795. The number of H-pyrrole nitrogens is 1. The van der Waals surface area contributed by atoms with Crippen LogP contribution in [-0.2, 0) is 6.42 Å². The Morgan fingerprint density at radius 1 is 1.19 bits per heavy atom. The second-order valence-electron chi connectivity index (χ2n) is 5.80. The fourth-order valence-electron chi connectivity index (χ4n) is 2.29. The summed E-state index contributed by atoms with van der Waals surface area (Å²) in [5.41, 5.74) is 3.95. The molecule has 1 atom stereocenters. The van der Waals surface area contributed by atoms with Crippen molar-refractivity contribution in [2.24, 2.45) is 5.92 Å². The highest BCUT2D eigenvalue weighted by atomic mass is 15.3. The number of pyridine rings is 1. The number of nitrogens with zero attached hydrogens (tertiary/aromatic N) is 4. The molecule has 0 saturated heterocycles. The van der Waals surface area contributed by atoms with Crippen molar-refractivity contribution >= 4 is 11.2 Å². The van der Waals surface area contributed by atoms with E-state index in [-0.39, 0.29) is 0 Å². The first-order valence-corrected chi connectivity index (χ1v) is 7.48. The van der Waals surface area contributed by atoms with Gasteiger partial charge in [-0.2, -0.15) is 5.10 Å². The number of aromatic amines is 1. The fraction of sp³-hybridized carbons (Fsp3) is 0.438. The van der Waals surface area contributed by atoms with Crippen molar-refractivity contribution in [2.45, 2.75) is 40.2 Å². The zero-order valence-corrected chi connectivity index (χ0v) is 13.0. The van der Waals surface area contributed by atoms with Gasteiger partial charge in [0.25, 0.3) is 0 Å². The summed E-state index contributed by atoms with van der Waals surface area (Å²) in [5.74, 6) is 1.31. The minimum Gasteiger partial charge on any atom is -0.334 e. The first kappa shape index (κ1) is 13.8. The Morgan fingerprint density at radius 2 is 2.00 bits per heavy atom. The van der Waals surface area contributed by atoms with Gasteiger partial charge in [-0.15, -0.1) is 0 Å². The third-order valence-corrected chi connectivity index (χ3v) is 4.07. The van der Waals surface area contributed by atoms with Gasteiger partial charge in [-0.1, -0.05) is 26.8 Å². The minimum absolute atomic E-state index is 0.314. The lowest BCUT2D eigenvalue weighted by atomic mass is 10.1. The molecule has 0 amide bonds. The maximum absolute atomic E-state index is 4.68. The molecule has 0 aliphatic carbocycles. The van der Waals surface area contributed by atoms with E-state index in [1.807, 2.05) is 23.1 Å². The number of nitrogens with one attached hydrogen (secondary N) is 1. The van der Waals surface area contributed by atoms with E-state index in [0.717, 1.165) is 29.1 Å². The van der Waals surface area contributed by atoms with Crippen molar-refractivity contribution in [3.05, 3.63) is 30.1 Å². The number of fused-ring (bicyclic) bond motifs is 1. The van der Waals surface area contributed by atoms with E-state index in [1.165, 1.54) is 5.56 Å². The standard InChI is InChI=1S/C16H21N5/c1-5-12-6-7-13(17-8-12)15-19-14-9-18-21(16(14)20-15)11(4)10(2)3/h6-11H,5H2,1-4H3,(H,19,20). The van der Waals surface area contributed by atoms with Gasteiger partial charge in [0.05, 0.1) is 12.2 Å². The Bertz CT molecular complexity index is 736. The normalized spacial score (nSPS) is 13.2. The summed E-state index contributed by atoms with van der Waals surface area (Å²) in [6.07, 6.45) is 4.74. The van der Waals surface area contributed by atoms with E-state index in [4.69, 9.17) is 0 Å². The van der Waals surface area contributed by atoms with Gasteiger partial charge in [0.1, 0.15) is 11.2 Å². The summed E-state index contributed by atoms with van der Waals surface area (Å²) < 4.78 is 1.99. The van der Waals surface area contributed by atoms with Crippen LogP contribution < -0.4 is 0 Å². The highest BCUT2D eigenvalue weighted by molar-refractivity contribution is 5.75. The molecule has 0 aliphatic rings. The van der Waals surface area contributed by atoms with Gasteiger partial charge in [0, 0.05) is 6.20 Å². The van der Waals surface area contributed by atoms with Crippen LogP contribution in [0.1, 0.15) is 39.3 Å². The molecule has 1 unspecified atom stereocenters. The molecular formula is C16H21N5. The lowest BCUT2D eigenvalue weighted by Gasteiger charge is -2.15. The molecule has 0 fully saturated rings. The van der Waals surface area contributed by atoms with Crippen LogP contribution in [0.5, 0.6) is 0 Å². The van der Waals surface area contributed by atoms with Gasteiger partial charge in [-0.05, 0) is 30.9 Å². The molecule has 0 spiro atoms. The number of aryl methyl sites for hydroxylation is 1. The zero-order chi connectivity index (χ0) is 15.0. The van der Waals surface area contributed by atoms with Crippen LogP contribution in [0.25, 0.3) is 22.7 Å². The summed E-state index contributed by atoms with van der Waals surface area (Å²) in [5, 5.41) is 4.44. The number of rotatable bonds is 4. The fourth-order valence-corrected chi connectivity index (χ4v) is 2.29. The van der Waals surface area contributed by atoms with Gasteiger partial charge in [0.2, 0.25) is 0 Å². The molecule has 0 radical (unpaired) electrons. The van der Waals surface area contributed by atoms with Crippen LogP contribution in [-0.4, -0.2) is 24.7 Å². The number of hydrogen-bond acceptors (Lipinski definition) is 3. The predicted molar refractivity (Wildman–Crippen MR) is 84.0 cm³/mol. The summed E-state index contributed by atoms with van der Waals surface area (Å²) >= 11 is 0. The molecule has 0 aliphatic heterocycles. The maximum atomic E-state index is 4.68. The molecule has 110 valence electrons. The average Bonchev–Trinajstić information content (AvgIpc) is 3.06. The number of imidazole rings is 1. The van der Waals surface area contributed by atoms with Crippen LogP contribution in [0, 0.1) is 5.92 Å². The first-order chi connectivity index (χ1) is 10.1. The molecule has 3 rings (SSSR count). The van der Waals surface area contributed by atoms with Crippen molar-refractivity contribution in [3.63, 3.8) is 0 Å². The molecular weight excluding hydrogens is 262 g/mol. The Balaban J connectivity index is 2.01. The highest BCUT2D eigenvalue weighted by Crippen LogP contribution is 2.24. The molecule has 3 aromatic rings. The van der Waals surface area contributed by atoms with Gasteiger partial charge in [-0.3, -0.25) is 4.98 Å². The molecule has 5 heteroatoms. The van der Waals surface area contributed by atoms with Gasteiger partial charge in [0.15, 0.2) is 11.5 Å². The summed E-state index contributed by atoms with van der Waals surface area (Å²) in [6, 6.07) is 4.42. The largest absolute Gasteiger partial charge is 0.334 e. The lowest BCUT2D eigenvalue weighted by molar-refractivity contribution is 0.384. The Morgan fingerprint density at radius 3 is 2.62 bits per heavy atom. The number of aromatic nitrogens is 5. The zero-order valence-electron chi connectivity index (χ0n) is 13.0. The molecule has 3 heterocycles. The van der Waals surface area contributed by atoms with E-state index >= 15 is 0 Å². The number of hydrogen-bond donors (Lipinski definition) is 1. The third-order valence-electron chi connectivity index (χ3n) is 4.07. The van der Waals surface area contributed by atoms with Crippen LogP contribution in [0.4, 0.5) is 0 Å². The van der Waals surface area contributed by atoms with Crippen molar-refractivity contribution < 1.29 is 0 Å². The Labute approximate surface area is 124 Å². The summed E-state index contributed by atoms with van der Waals surface area (Å²) in [7, 11) is 0. The van der Waals surface area contributed by atoms with E-state index < -0.39 is 0 Å². The Hall–Kier alpha value is -2.17. The second kappa shape index (κ2) is 5.31. The van der Waals surface area contributed by atoms with Crippen molar-refractivity contribution in [1.82, 2.24) is 24.7 Å². The predicted octanol–water partition coefficient (Wildman–Crippen LogP) is 3.60. The van der Waals surface area contributed by atoms with E-state index in [2.05, 4.69) is 53.8 Å². The van der Waals surface area contributed by atoms with Crippen LogP contribution >= 0.6 is 0 Å². The lowest BCUT2D eigenvalue weighted by Crippen LogP contribution is -2.12. The molecule has 21 heavy (non-hydrogen) atoms. The minimum atomic E-state index is 0.314. The van der Waals surface area contributed by atoms with Gasteiger partial charge >= 0.3 is 0 Å². The van der Waals surface area contributed by atoms with Crippen LogP contribution in [0.2, 0.25) is 0 Å². The summed E-state index contributed by atoms with van der Waals surface area (Å²) in [6.45, 7) is 8.67. The van der Waals surface area contributed by atoms with E-state index in [9.17, 15) is 0 Å². The van der Waals surface area contributed by atoms with Crippen LogP contribution in [0.3, 0.4) is 0 Å². The van der Waals surface area contributed by atoms with Gasteiger partial charge in [-0.25, -0.2) is 9.67 Å². The van der Waals surface area contributed by atoms with Crippen molar-refractivity contribution in [1.29, 1.82) is 0 Å². The smallest absolute Gasteiger partial charge is 0.177 e. The topological polar surface area (TPSA) is 59.4 Å². The molecule has 3 aromatic heterocycles. The molecule has 0 aromatic carbocycles. The molecule has 1 N–H and O–H groups in total. The highest BCUT2D eigenvalue weighted by Gasteiger charge is 2.17. The van der Waals surface area contributed by atoms with E-state index in [1.54, 1.807) is 0 Å². The molecule has 0 saturated carbocycles. The van der Waals surface area contributed by atoms with Crippen molar-refractivity contribution in [2.75, 3.05) is 0 Å². The first-order valence-electron chi connectivity index (χ1n) is 7.48. The summed E-state index contributed by atoms with van der Waals surface area (Å²) in [4.78, 5) is 12.5.